The average molecular weight is 249 g/mol. The van der Waals surface area contributed by atoms with Gasteiger partial charge in [-0.3, -0.25) is 19.8 Å². The van der Waals surface area contributed by atoms with Crippen LogP contribution in [-0.2, 0) is 16.1 Å². The molecule has 2 aliphatic rings. The number of aryl methyl sites for hydroxylation is 1. The van der Waals surface area contributed by atoms with E-state index in [9.17, 15) is 9.59 Å². The van der Waals surface area contributed by atoms with E-state index in [4.69, 9.17) is 4.52 Å². The third-order valence-corrected chi connectivity index (χ3v) is 3.29. The topological polar surface area (TPSA) is 75.4 Å². The molecule has 2 amide bonds. The lowest BCUT2D eigenvalue weighted by molar-refractivity contribution is -0.139. The Kier molecular flexibility index (Phi) is 2.66. The Morgan fingerprint density at radius 3 is 2.89 bits per heavy atom. The van der Waals surface area contributed by atoms with Gasteiger partial charge in [-0.1, -0.05) is 5.16 Å². The molecule has 6 nitrogen and oxygen atoms in total. The van der Waals surface area contributed by atoms with Crippen molar-refractivity contribution in [3.8, 4) is 0 Å². The standard InChI is InChI=1S/C12H15N3O3/c1-7-4-9(18-14-7)6-13-10-5-11(16)15(12(10)17)8-2-3-8/h4,8,10,13H,2-3,5-6H2,1H3. The summed E-state index contributed by atoms with van der Waals surface area (Å²) in [7, 11) is 0. The number of imide groups is 1. The molecule has 0 aromatic carbocycles. The molecule has 0 spiro atoms. The molecule has 1 N–H and O–H groups in total. The smallest absolute Gasteiger partial charge is 0.247 e. The van der Waals surface area contributed by atoms with Gasteiger partial charge < -0.3 is 4.52 Å². The number of rotatable bonds is 4. The Morgan fingerprint density at radius 2 is 2.28 bits per heavy atom. The van der Waals surface area contributed by atoms with Crippen LogP contribution in [0.3, 0.4) is 0 Å². The first-order valence-electron chi connectivity index (χ1n) is 6.16. The molecule has 1 aromatic heterocycles. The van der Waals surface area contributed by atoms with Crippen LogP contribution in [0.5, 0.6) is 0 Å². The van der Waals surface area contributed by atoms with E-state index in [-0.39, 0.29) is 24.3 Å². The Balaban J connectivity index is 1.60. The number of hydrogen-bond donors (Lipinski definition) is 1. The van der Waals surface area contributed by atoms with Crippen molar-refractivity contribution in [3.05, 3.63) is 17.5 Å². The fraction of sp³-hybridized carbons (Fsp3) is 0.583. The fourth-order valence-electron chi connectivity index (χ4n) is 2.25. The van der Waals surface area contributed by atoms with Crippen molar-refractivity contribution in [2.24, 2.45) is 0 Å². The van der Waals surface area contributed by atoms with Crippen LogP contribution in [0.25, 0.3) is 0 Å². The highest BCUT2D eigenvalue weighted by molar-refractivity contribution is 6.06. The summed E-state index contributed by atoms with van der Waals surface area (Å²) in [5.41, 5.74) is 0.806. The molecule has 1 unspecified atom stereocenters. The lowest BCUT2D eigenvalue weighted by atomic mass is 10.2. The highest BCUT2D eigenvalue weighted by Gasteiger charge is 2.45. The van der Waals surface area contributed by atoms with Crippen LogP contribution in [0, 0.1) is 6.92 Å². The van der Waals surface area contributed by atoms with Crippen LogP contribution in [0.2, 0.25) is 0 Å². The second-order valence-corrected chi connectivity index (χ2v) is 4.91. The van der Waals surface area contributed by atoms with E-state index in [1.165, 1.54) is 4.90 Å². The van der Waals surface area contributed by atoms with Crippen molar-refractivity contribution in [2.45, 2.75) is 44.8 Å². The van der Waals surface area contributed by atoms with Gasteiger partial charge in [0.1, 0.15) is 0 Å². The highest BCUT2D eigenvalue weighted by Crippen LogP contribution is 2.31. The van der Waals surface area contributed by atoms with E-state index in [2.05, 4.69) is 10.5 Å². The molecule has 2 heterocycles. The molecule has 96 valence electrons. The summed E-state index contributed by atoms with van der Waals surface area (Å²) >= 11 is 0. The number of amides is 2. The lowest BCUT2D eigenvalue weighted by Crippen LogP contribution is -2.39. The summed E-state index contributed by atoms with van der Waals surface area (Å²) in [6, 6.07) is 1.56. The van der Waals surface area contributed by atoms with Gasteiger partial charge in [0.2, 0.25) is 11.8 Å². The van der Waals surface area contributed by atoms with Crippen molar-refractivity contribution < 1.29 is 14.1 Å². The summed E-state index contributed by atoms with van der Waals surface area (Å²) in [5, 5.41) is 6.83. The number of likely N-dealkylation sites (tertiary alicyclic amines) is 1. The minimum atomic E-state index is -0.413. The largest absolute Gasteiger partial charge is 0.360 e. The van der Waals surface area contributed by atoms with Crippen LogP contribution in [-0.4, -0.2) is 34.0 Å². The van der Waals surface area contributed by atoms with Gasteiger partial charge in [0.25, 0.3) is 0 Å². The molecule has 1 saturated carbocycles. The number of hydrogen-bond acceptors (Lipinski definition) is 5. The number of nitrogens with zero attached hydrogens (tertiary/aromatic N) is 2. The average Bonchev–Trinajstić information content (AvgIpc) is 3.00. The third kappa shape index (κ3) is 2.03. The van der Waals surface area contributed by atoms with E-state index in [1.807, 2.05) is 13.0 Å². The second-order valence-electron chi connectivity index (χ2n) is 4.91. The molecule has 18 heavy (non-hydrogen) atoms. The molecule has 1 atom stereocenters. The van der Waals surface area contributed by atoms with Gasteiger partial charge in [-0.05, 0) is 19.8 Å². The number of nitrogens with one attached hydrogen (secondary N) is 1. The minimum Gasteiger partial charge on any atom is -0.360 e. The molecular formula is C12H15N3O3. The molecule has 3 rings (SSSR count). The van der Waals surface area contributed by atoms with Crippen molar-refractivity contribution in [2.75, 3.05) is 0 Å². The van der Waals surface area contributed by atoms with Gasteiger partial charge in [-0.2, -0.15) is 0 Å². The van der Waals surface area contributed by atoms with Gasteiger partial charge in [-0.25, -0.2) is 0 Å². The summed E-state index contributed by atoms with van der Waals surface area (Å²) in [5.74, 6) is 0.519. The van der Waals surface area contributed by atoms with Crippen LogP contribution < -0.4 is 5.32 Å². The molecule has 2 fully saturated rings. The molecule has 1 aliphatic carbocycles. The normalized spacial score (nSPS) is 24.1. The van der Waals surface area contributed by atoms with Gasteiger partial charge in [-0.15, -0.1) is 0 Å². The maximum Gasteiger partial charge on any atom is 0.247 e. The van der Waals surface area contributed by atoms with Crippen molar-refractivity contribution in [1.82, 2.24) is 15.4 Å². The van der Waals surface area contributed by atoms with Gasteiger partial charge >= 0.3 is 0 Å². The van der Waals surface area contributed by atoms with Gasteiger partial charge in [0.15, 0.2) is 5.76 Å². The molecule has 6 heteroatoms. The SMILES string of the molecule is Cc1cc(CNC2CC(=O)N(C3CC3)C2=O)on1. The van der Waals surface area contributed by atoms with Crippen LogP contribution in [0.15, 0.2) is 10.6 Å². The molecule has 1 aromatic rings. The van der Waals surface area contributed by atoms with Crippen LogP contribution in [0.4, 0.5) is 0 Å². The van der Waals surface area contributed by atoms with Crippen molar-refractivity contribution in [3.63, 3.8) is 0 Å². The number of aromatic nitrogens is 1. The van der Waals surface area contributed by atoms with Gasteiger partial charge in [0.05, 0.1) is 24.7 Å². The lowest BCUT2D eigenvalue weighted by Gasteiger charge is -2.13. The monoisotopic (exact) mass is 249 g/mol. The van der Waals surface area contributed by atoms with E-state index in [1.54, 1.807) is 0 Å². The molecule has 1 aliphatic heterocycles. The quantitative estimate of drug-likeness (QED) is 0.780. The maximum absolute atomic E-state index is 12.0. The second kappa shape index (κ2) is 4.20. The van der Waals surface area contributed by atoms with Crippen LogP contribution >= 0.6 is 0 Å². The molecule has 0 radical (unpaired) electrons. The fourth-order valence-corrected chi connectivity index (χ4v) is 2.25. The first-order chi connectivity index (χ1) is 8.65. The van der Waals surface area contributed by atoms with Crippen molar-refractivity contribution in [1.29, 1.82) is 0 Å². The zero-order valence-electron chi connectivity index (χ0n) is 10.2. The molecule has 0 bridgehead atoms. The van der Waals surface area contributed by atoms with E-state index >= 15 is 0 Å². The predicted octanol–water partition coefficient (Wildman–Crippen LogP) is 0.363. The van der Waals surface area contributed by atoms with E-state index in [0.717, 1.165) is 18.5 Å². The minimum absolute atomic E-state index is 0.0613. The summed E-state index contributed by atoms with van der Waals surface area (Å²) in [6.45, 7) is 2.26. The first kappa shape index (κ1) is 11.4. The Morgan fingerprint density at radius 1 is 1.50 bits per heavy atom. The maximum atomic E-state index is 12.0. The zero-order valence-corrected chi connectivity index (χ0v) is 10.2. The predicted molar refractivity (Wildman–Crippen MR) is 61.4 cm³/mol. The zero-order chi connectivity index (χ0) is 12.7. The summed E-state index contributed by atoms with van der Waals surface area (Å²) in [6.07, 6.45) is 2.15. The number of carbonyl (C=O) groups is 2. The van der Waals surface area contributed by atoms with Crippen molar-refractivity contribution >= 4 is 11.8 Å². The van der Waals surface area contributed by atoms with Gasteiger partial charge in [0, 0.05) is 12.1 Å². The number of carbonyl (C=O) groups excluding carboxylic acids is 2. The Labute approximate surface area is 104 Å². The summed E-state index contributed by atoms with van der Waals surface area (Å²) in [4.78, 5) is 25.2. The van der Waals surface area contributed by atoms with Crippen LogP contribution in [0.1, 0.15) is 30.7 Å². The first-order valence-corrected chi connectivity index (χ1v) is 6.16. The molecule has 1 saturated heterocycles. The highest BCUT2D eigenvalue weighted by atomic mass is 16.5. The van der Waals surface area contributed by atoms with E-state index < -0.39 is 6.04 Å². The Hall–Kier alpha value is -1.69. The molecular weight excluding hydrogens is 234 g/mol. The third-order valence-electron chi connectivity index (χ3n) is 3.29. The van der Waals surface area contributed by atoms with E-state index in [0.29, 0.717) is 12.3 Å². The Bertz CT molecular complexity index is 493. The summed E-state index contributed by atoms with van der Waals surface area (Å²) < 4.78 is 5.05.